The Bertz CT molecular complexity index is 3200. The number of hydrogen-bond donors (Lipinski definition) is 0. The van der Waals surface area contributed by atoms with Gasteiger partial charge in [0, 0.05) is 38.2 Å². The number of nitrogens with zero attached hydrogens (tertiary/aromatic N) is 4. The summed E-state index contributed by atoms with van der Waals surface area (Å²) in [5.41, 5.74) is 5.21. The summed E-state index contributed by atoms with van der Waals surface area (Å²) < 4.78 is 78.8. The van der Waals surface area contributed by atoms with Crippen LogP contribution in [-0.4, -0.2) is 19.5 Å². The number of rotatable bonds is 5. The second-order valence-corrected chi connectivity index (χ2v) is 11.8. The van der Waals surface area contributed by atoms with Gasteiger partial charge >= 0.3 is 0 Å². The summed E-state index contributed by atoms with van der Waals surface area (Å²) in [4.78, 5) is 15.0. The van der Waals surface area contributed by atoms with E-state index in [-0.39, 0.29) is 27.6 Å². The van der Waals surface area contributed by atoms with Gasteiger partial charge in [0.15, 0.2) is 17.5 Å². The molecule has 0 aliphatic carbocycles. The SMILES string of the molecule is [2H]c1c([2H])c([2H])c2c(c1[2H])c1c([2H])c([2H])c([2H])c([2H])c1n2-c1ccc(-c2cccc3oc4ccccc4c23)cc1-c1nc(-c2ccccc2)nc(-c2ccccc2)n1. The highest BCUT2D eigenvalue weighted by molar-refractivity contribution is 6.13. The van der Waals surface area contributed by atoms with Crippen molar-refractivity contribution < 1.29 is 15.4 Å². The van der Waals surface area contributed by atoms with E-state index in [1.165, 1.54) is 4.57 Å². The fourth-order valence-electron chi connectivity index (χ4n) is 6.68. The van der Waals surface area contributed by atoms with Crippen LogP contribution in [-0.2, 0) is 0 Å². The van der Waals surface area contributed by atoms with Crippen molar-refractivity contribution in [2.75, 3.05) is 0 Å². The van der Waals surface area contributed by atoms with Crippen LogP contribution in [0.15, 0.2) is 174 Å². The molecule has 3 aromatic heterocycles. The van der Waals surface area contributed by atoms with E-state index in [1.807, 2.05) is 115 Å². The minimum atomic E-state index is -0.516. The molecule has 0 aliphatic heterocycles. The Balaban J connectivity index is 1.38. The minimum Gasteiger partial charge on any atom is -0.456 e. The Kier molecular flexibility index (Phi) is 4.83. The smallest absolute Gasteiger partial charge is 0.166 e. The van der Waals surface area contributed by atoms with Gasteiger partial charge in [0.05, 0.1) is 27.7 Å². The number of fused-ring (bicyclic) bond motifs is 6. The summed E-state index contributed by atoms with van der Waals surface area (Å²) in [6, 6.07) is 34.4. The minimum absolute atomic E-state index is 0.00875. The molecule has 5 heteroatoms. The van der Waals surface area contributed by atoms with Crippen LogP contribution in [0.2, 0.25) is 0 Å². The standard InChI is InChI=1S/C45H28N4O/c1-3-14-29(15-4-1)43-46-44(30-16-5-2-6-17-30)48-45(47-43)36-28-31(32-21-13-25-41-42(32)35-20-9-12-24-40(35)50-41)26-27-39(36)49-37-22-10-7-18-33(37)34-19-8-11-23-38(34)49/h1-28H/i7D,8D,10D,11D,18D,19D,22D,23D. The zero-order valence-electron chi connectivity index (χ0n) is 34.2. The lowest BCUT2D eigenvalue weighted by Crippen LogP contribution is -2.04. The van der Waals surface area contributed by atoms with Crippen molar-refractivity contribution in [3.05, 3.63) is 170 Å². The van der Waals surface area contributed by atoms with E-state index in [9.17, 15) is 2.74 Å². The van der Waals surface area contributed by atoms with Crippen LogP contribution < -0.4 is 0 Å². The fourth-order valence-corrected chi connectivity index (χ4v) is 6.68. The Morgan fingerprint density at radius 2 is 1.04 bits per heavy atom. The predicted molar refractivity (Wildman–Crippen MR) is 203 cm³/mol. The van der Waals surface area contributed by atoms with Crippen LogP contribution in [0.3, 0.4) is 0 Å². The van der Waals surface area contributed by atoms with Crippen LogP contribution in [0.4, 0.5) is 0 Å². The molecule has 0 amide bonds. The zero-order valence-corrected chi connectivity index (χ0v) is 26.2. The topological polar surface area (TPSA) is 56.7 Å². The molecule has 10 aromatic rings. The van der Waals surface area contributed by atoms with E-state index in [2.05, 4.69) is 0 Å². The van der Waals surface area contributed by atoms with Crippen molar-refractivity contribution in [1.29, 1.82) is 0 Å². The molecular weight excluding hydrogens is 613 g/mol. The van der Waals surface area contributed by atoms with E-state index in [4.69, 9.17) is 27.6 Å². The van der Waals surface area contributed by atoms with Gasteiger partial charge in [-0.15, -0.1) is 0 Å². The third-order valence-corrected chi connectivity index (χ3v) is 8.92. The number of aromatic nitrogens is 4. The fraction of sp³-hybridized carbons (Fsp3) is 0. The average Bonchev–Trinajstić information content (AvgIpc) is 3.83. The van der Waals surface area contributed by atoms with E-state index in [0.29, 0.717) is 28.5 Å². The van der Waals surface area contributed by atoms with Crippen molar-refractivity contribution in [3.8, 4) is 51.0 Å². The van der Waals surface area contributed by atoms with E-state index in [0.717, 1.165) is 38.6 Å². The van der Waals surface area contributed by atoms with Gasteiger partial charge in [0.1, 0.15) is 11.2 Å². The molecule has 0 spiro atoms. The first-order chi connectivity index (χ1) is 28.1. The molecule has 0 saturated heterocycles. The summed E-state index contributed by atoms with van der Waals surface area (Å²) in [6.07, 6.45) is 0. The molecular formula is C45H28N4O. The van der Waals surface area contributed by atoms with Crippen molar-refractivity contribution >= 4 is 43.7 Å². The predicted octanol–water partition coefficient (Wildman–Crippen LogP) is 11.5. The third-order valence-electron chi connectivity index (χ3n) is 8.92. The van der Waals surface area contributed by atoms with Gasteiger partial charge in [-0.2, -0.15) is 0 Å². The van der Waals surface area contributed by atoms with Gasteiger partial charge in [-0.1, -0.05) is 133 Å². The van der Waals surface area contributed by atoms with Crippen LogP contribution >= 0.6 is 0 Å². The molecule has 10 rings (SSSR count). The Hall–Kier alpha value is -6.85. The molecule has 0 bridgehead atoms. The highest BCUT2D eigenvalue weighted by atomic mass is 16.3. The molecule has 0 N–H and O–H groups in total. The zero-order chi connectivity index (χ0) is 40.0. The van der Waals surface area contributed by atoms with Gasteiger partial charge in [-0.3, -0.25) is 0 Å². The van der Waals surface area contributed by atoms with Crippen molar-refractivity contribution in [3.63, 3.8) is 0 Å². The van der Waals surface area contributed by atoms with Crippen molar-refractivity contribution in [1.82, 2.24) is 19.5 Å². The quantitative estimate of drug-likeness (QED) is 0.186. The lowest BCUT2D eigenvalue weighted by Gasteiger charge is -2.16. The monoisotopic (exact) mass is 648 g/mol. The first kappa shape index (κ1) is 21.2. The second-order valence-electron chi connectivity index (χ2n) is 11.8. The summed E-state index contributed by atoms with van der Waals surface area (Å²) in [6.45, 7) is 0. The maximum absolute atomic E-state index is 9.21. The maximum Gasteiger partial charge on any atom is 0.166 e. The first-order valence-corrected chi connectivity index (χ1v) is 16.1. The summed E-state index contributed by atoms with van der Waals surface area (Å²) in [7, 11) is 0. The normalized spacial score (nSPS) is 13.8. The van der Waals surface area contributed by atoms with Gasteiger partial charge in [0.2, 0.25) is 0 Å². The van der Waals surface area contributed by atoms with Gasteiger partial charge in [-0.25, -0.2) is 15.0 Å². The van der Waals surface area contributed by atoms with Gasteiger partial charge < -0.3 is 8.98 Å². The Morgan fingerprint density at radius 3 is 1.72 bits per heavy atom. The molecule has 0 saturated carbocycles. The van der Waals surface area contributed by atoms with Crippen LogP contribution in [0.5, 0.6) is 0 Å². The summed E-state index contributed by atoms with van der Waals surface area (Å²) in [5, 5.41) is 1.76. The lowest BCUT2D eigenvalue weighted by molar-refractivity contribution is 0.669. The molecule has 3 heterocycles. The third kappa shape index (κ3) is 4.52. The Morgan fingerprint density at radius 1 is 0.460 bits per heavy atom. The number of benzene rings is 7. The van der Waals surface area contributed by atoms with E-state index >= 15 is 0 Å². The molecule has 0 aliphatic rings. The average molecular weight is 649 g/mol. The van der Waals surface area contributed by atoms with Crippen molar-refractivity contribution in [2.45, 2.75) is 0 Å². The molecule has 50 heavy (non-hydrogen) atoms. The number of hydrogen-bond acceptors (Lipinski definition) is 4. The molecule has 5 nitrogen and oxygen atoms in total. The summed E-state index contributed by atoms with van der Waals surface area (Å²) in [5.74, 6) is 0.995. The Labute approximate surface area is 299 Å². The van der Waals surface area contributed by atoms with Crippen molar-refractivity contribution in [2.24, 2.45) is 0 Å². The number of furan rings is 1. The number of para-hydroxylation sites is 3. The highest BCUT2D eigenvalue weighted by Gasteiger charge is 2.21. The maximum atomic E-state index is 9.21. The van der Waals surface area contributed by atoms with Crippen LogP contribution in [0.25, 0.3) is 94.7 Å². The van der Waals surface area contributed by atoms with Crippen LogP contribution in [0, 0.1) is 0 Å². The molecule has 0 fully saturated rings. The molecule has 0 radical (unpaired) electrons. The van der Waals surface area contributed by atoms with Crippen LogP contribution in [0.1, 0.15) is 11.0 Å². The van der Waals surface area contributed by atoms with Gasteiger partial charge in [-0.05, 0) is 47.5 Å². The molecule has 7 aromatic carbocycles. The van der Waals surface area contributed by atoms with Gasteiger partial charge in [0.25, 0.3) is 0 Å². The first-order valence-electron chi connectivity index (χ1n) is 20.1. The van der Waals surface area contributed by atoms with E-state index < -0.39 is 48.3 Å². The highest BCUT2D eigenvalue weighted by Crippen LogP contribution is 2.41. The van der Waals surface area contributed by atoms with E-state index in [1.54, 1.807) is 6.07 Å². The molecule has 0 atom stereocenters. The molecule has 0 unspecified atom stereocenters. The summed E-state index contributed by atoms with van der Waals surface area (Å²) >= 11 is 0. The second kappa shape index (κ2) is 11.4. The lowest BCUT2D eigenvalue weighted by atomic mass is 9.96. The largest absolute Gasteiger partial charge is 0.456 e. The molecule has 234 valence electrons.